The fraction of sp³-hybridized carbons (Fsp3) is 0.200. The van der Waals surface area contributed by atoms with Crippen LogP contribution in [0.1, 0.15) is 24.1 Å². The number of hydrogen-bond acceptors (Lipinski definition) is 2. The molecule has 0 bridgehead atoms. The van der Waals surface area contributed by atoms with E-state index < -0.39 is 5.82 Å². The van der Waals surface area contributed by atoms with Gasteiger partial charge in [0.2, 0.25) is 0 Å². The molecule has 0 aliphatic carbocycles. The summed E-state index contributed by atoms with van der Waals surface area (Å²) in [7, 11) is 0. The molecule has 0 saturated carbocycles. The molecule has 0 aliphatic rings. The lowest BCUT2D eigenvalue weighted by Crippen LogP contribution is -2.04. The van der Waals surface area contributed by atoms with Gasteiger partial charge in [0, 0.05) is 11.6 Å². The minimum Gasteiger partial charge on any atom is -0.489 e. The molecular formula is C15H15ClFNO. The van der Waals surface area contributed by atoms with Crippen molar-refractivity contribution in [3.63, 3.8) is 0 Å². The highest BCUT2D eigenvalue weighted by Gasteiger charge is 2.07. The van der Waals surface area contributed by atoms with Gasteiger partial charge >= 0.3 is 0 Å². The predicted molar refractivity (Wildman–Crippen MR) is 74.8 cm³/mol. The number of nitrogens with two attached hydrogens (primary N) is 1. The molecule has 2 aromatic carbocycles. The summed E-state index contributed by atoms with van der Waals surface area (Å²) in [5.74, 6) is 0.236. The van der Waals surface area contributed by atoms with Crippen molar-refractivity contribution < 1.29 is 9.13 Å². The third-order valence-electron chi connectivity index (χ3n) is 2.83. The van der Waals surface area contributed by atoms with E-state index in [1.54, 1.807) is 12.1 Å². The molecular weight excluding hydrogens is 265 g/mol. The van der Waals surface area contributed by atoms with E-state index in [1.807, 2.05) is 31.2 Å². The lowest BCUT2D eigenvalue weighted by atomic mass is 10.1. The van der Waals surface area contributed by atoms with Gasteiger partial charge < -0.3 is 10.5 Å². The first-order valence-electron chi connectivity index (χ1n) is 5.99. The number of ether oxygens (including phenoxy) is 1. The van der Waals surface area contributed by atoms with Crippen molar-refractivity contribution >= 4 is 11.6 Å². The molecule has 0 heterocycles. The number of benzene rings is 2. The number of rotatable bonds is 4. The quantitative estimate of drug-likeness (QED) is 0.915. The number of hydrogen-bond donors (Lipinski definition) is 1. The Bertz CT molecular complexity index is 555. The van der Waals surface area contributed by atoms with Crippen molar-refractivity contribution in [3.8, 4) is 5.75 Å². The normalized spacial score (nSPS) is 12.2. The maximum Gasteiger partial charge on any atom is 0.148 e. The highest BCUT2D eigenvalue weighted by atomic mass is 35.5. The Hall–Kier alpha value is -1.58. The molecule has 0 aliphatic heterocycles. The molecule has 100 valence electrons. The minimum absolute atomic E-state index is 0.0144. The van der Waals surface area contributed by atoms with Crippen molar-refractivity contribution in [2.24, 2.45) is 5.73 Å². The Morgan fingerprint density at radius 2 is 1.89 bits per heavy atom. The molecule has 2 N–H and O–H groups in total. The van der Waals surface area contributed by atoms with Gasteiger partial charge in [-0.05, 0) is 30.7 Å². The molecule has 1 atom stereocenters. The number of halogens is 2. The van der Waals surface area contributed by atoms with Gasteiger partial charge in [-0.1, -0.05) is 35.9 Å². The summed E-state index contributed by atoms with van der Waals surface area (Å²) in [6, 6.07) is 12.3. The fourth-order valence-electron chi connectivity index (χ4n) is 1.69. The smallest absolute Gasteiger partial charge is 0.148 e. The summed E-state index contributed by atoms with van der Waals surface area (Å²) in [6.07, 6.45) is 0. The van der Waals surface area contributed by atoms with Crippen molar-refractivity contribution in [3.05, 3.63) is 64.4 Å². The first-order valence-corrected chi connectivity index (χ1v) is 6.37. The van der Waals surface area contributed by atoms with Crippen molar-refractivity contribution in [1.82, 2.24) is 0 Å². The van der Waals surface area contributed by atoms with Crippen LogP contribution >= 0.6 is 11.6 Å². The molecule has 0 fully saturated rings. The van der Waals surface area contributed by atoms with Crippen LogP contribution in [0.15, 0.2) is 42.5 Å². The summed E-state index contributed by atoms with van der Waals surface area (Å²) >= 11 is 5.71. The zero-order valence-corrected chi connectivity index (χ0v) is 11.3. The van der Waals surface area contributed by atoms with E-state index in [-0.39, 0.29) is 17.7 Å². The summed E-state index contributed by atoms with van der Waals surface area (Å²) in [5, 5.41) is 0.105. The van der Waals surface area contributed by atoms with Crippen LogP contribution < -0.4 is 10.5 Å². The monoisotopic (exact) mass is 279 g/mol. The van der Waals surface area contributed by atoms with E-state index in [0.717, 1.165) is 5.56 Å². The lowest BCUT2D eigenvalue weighted by Gasteiger charge is -2.10. The Balaban J connectivity index is 2.04. The SMILES string of the molecule is C[C@H](N)c1ccc(OCc2cccc(Cl)c2F)cc1. The summed E-state index contributed by atoms with van der Waals surface area (Å²) < 4.78 is 19.2. The van der Waals surface area contributed by atoms with Gasteiger partial charge in [-0.2, -0.15) is 0 Å². The molecule has 0 unspecified atom stereocenters. The van der Waals surface area contributed by atoms with Crippen LogP contribution in [-0.4, -0.2) is 0 Å². The second-order valence-corrected chi connectivity index (χ2v) is 4.77. The van der Waals surface area contributed by atoms with Gasteiger partial charge in [0.15, 0.2) is 0 Å². The average Bonchev–Trinajstić information content (AvgIpc) is 2.41. The van der Waals surface area contributed by atoms with E-state index in [2.05, 4.69) is 0 Å². The zero-order chi connectivity index (χ0) is 13.8. The van der Waals surface area contributed by atoms with Gasteiger partial charge in [0.05, 0.1) is 5.02 Å². The van der Waals surface area contributed by atoms with Crippen LogP contribution in [0.4, 0.5) is 4.39 Å². The Kier molecular flexibility index (Phi) is 4.40. The first kappa shape index (κ1) is 13.8. The van der Waals surface area contributed by atoms with Gasteiger partial charge in [-0.25, -0.2) is 4.39 Å². The second-order valence-electron chi connectivity index (χ2n) is 4.36. The van der Waals surface area contributed by atoms with E-state index in [9.17, 15) is 4.39 Å². The molecule has 0 amide bonds. The average molecular weight is 280 g/mol. The summed E-state index contributed by atoms with van der Waals surface area (Å²) in [5.41, 5.74) is 7.22. The van der Waals surface area contributed by atoms with E-state index in [4.69, 9.17) is 22.1 Å². The Labute approximate surface area is 117 Å². The first-order chi connectivity index (χ1) is 9.08. The van der Waals surface area contributed by atoms with Gasteiger partial charge in [0.25, 0.3) is 0 Å². The van der Waals surface area contributed by atoms with Gasteiger partial charge in [0.1, 0.15) is 18.2 Å². The predicted octanol–water partition coefficient (Wildman–Crippen LogP) is 4.08. The lowest BCUT2D eigenvalue weighted by molar-refractivity contribution is 0.300. The third-order valence-corrected chi connectivity index (χ3v) is 3.12. The largest absolute Gasteiger partial charge is 0.489 e. The minimum atomic E-state index is -0.434. The second kappa shape index (κ2) is 6.04. The topological polar surface area (TPSA) is 35.2 Å². The van der Waals surface area contributed by atoms with Crippen LogP contribution in [0.5, 0.6) is 5.75 Å². The summed E-state index contributed by atoms with van der Waals surface area (Å²) in [6.45, 7) is 2.06. The van der Waals surface area contributed by atoms with Crippen LogP contribution in [0.25, 0.3) is 0 Å². The van der Waals surface area contributed by atoms with E-state index in [1.165, 1.54) is 6.07 Å². The molecule has 2 aromatic rings. The maximum atomic E-state index is 13.6. The third kappa shape index (κ3) is 3.46. The van der Waals surface area contributed by atoms with Gasteiger partial charge in [-0.15, -0.1) is 0 Å². The van der Waals surface area contributed by atoms with E-state index >= 15 is 0 Å². The van der Waals surface area contributed by atoms with Crippen LogP contribution in [0, 0.1) is 5.82 Å². The van der Waals surface area contributed by atoms with Crippen LogP contribution in [0.2, 0.25) is 5.02 Å². The molecule has 0 saturated heterocycles. The summed E-state index contributed by atoms with van der Waals surface area (Å²) in [4.78, 5) is 0. The molecule has 2 rings (SSSR count). The van der Waals surface area contributed by atoms with Gasteiger partial charge in [-0.3, -0.25) is 0 Å². The molecule has 0 aromatic heterocycles. The van der Waals surface area contributed by atoms with Crippen LogP contribution in [0.3, 0.4) is 0 Å². The van der Waals surface area contributed by atoms with Crippen molar-refractivity contribution in [2.45, 2.75) is 19.6 Å². The molecule has 4 heteroatoms. The Morgan fingerprint density at radius 3 is 2.53 bits per heavy atom. The molecule has 0 spiro atoms. The van der Waals surface area contributed by atoms with Crippen molar-refractivity contribution in [2.75, 3.05) is 0 Å². The molecule has 2 nitrogen and oxygen atoms in total. The standard InChI is InChI=1S/C15H15ClFNO/c1-10(18)11-5-7-13(8-6-11)19-9-12-3-2-4-14(16)15(12)17/h2-8,10H,9,18H2,1H3/t10-/m0/s1. The maximum absolute atomic E-state index is 13.6. The zero-order valence-electron chi connectivity index (χ0n) is 10.6. The molecule has 19 heavy (non-hydrogen) atoms. The highest BCUT2D eigenvalue weighted by Crippen LogP contribution is 2.21. The van der Waals surface area contributed by atoms with Crippen molar-refractivity contribution in [1.29, 1.82) is 0 Å². The highest BCUT2D eigenvalue weighted by molar-refractivity contribution is 6.30. The molecule has 0 radical (unpaired) electrons. The van der Waals surface area contributed by atoms with E-state index in [0.29, 0.717) is 11.3 Å². The van der Waals surface area contributed by atoms with Crippen LogP contribution in [-0.2, 0) is 6.61 Å². The fourth-order valence-corrected chi connectivity index (χ4v) is 1.88. The Morgan fingerprint density at radius 1 is 1.21 bits per heavy atom.